The topological polar surface area (TPSA) is 38.5 Å². The molecule has 1 aromatic heterocycles. The lowest BCUT2D eigenvalue weighted by atomic mass is 9.96. The molecular weight excluding hydrogens is 276 g/mol. The summed E-state index contributed by atoms with van der Waals surface area (Å²) in [6.07, 6.45) is 4.64. The third-order valence-corrected chi connectivity index (χ3v) is 4.14. The molecule has 0 aliphatic heterocycles. The van der Waals surface area contributed by atoms with Gasteiger partial charge in [-0.1, -0.05) is 17.3 Å². The van der Waals surface area contributed by atoms with E-state index in [0.29, 0.717) is 6.61 Å². The minimum atomic E-state index is 0.705. The number of benzene rings is 1. The van der Waals surface area contributed by atoms with Crippen LogP contribution in [0.25, 0.3) is 0 Å². The number of aromatic nitrogens is 1. The summed E-state index contributed by atoms with van der Waals surface area (Å²) >= 11 is 0. The van der Waals surface area contributed by atoms with E-state index in [2.05, 4.69) is 29.2 Å². The van der Waals surface area contributed by atoms with Crippen molar-refractivity contribution in [3.8, 4) is 5.75 Å². The fraction of sp³-hybridized carbons (Fsp3) is 0.500. The zero-order valence-electron chi connectivity index (χ0n) is 13.5. The summed E-state index contributed by atoms with van der Waals surface area (Å²) in [6, 6.07) is 8.31. The Hall–Kier alpha value is -1.81. The number of ether oxygens (including phenoxy) is 1. The Labute approximate surface area is 132 Å². The van der Waals surface area contributed by atoms with Crippen LogP contribution in [0.15, 0.2) is 28.8 Å². The van der Waals surface area contributed by atoms with Crippen molar-refractivity contribution in [3.05, 3.63) is 46.8 Å². The van der Waals surface area contributed by atoms with Gasteiger partial charge in [0.05, 0.1) is 6.61 Å². The predicted octanol–water partition coefficient (Wildman–Crippen LogP) is 3.58. The van der Waals surface area contributed by atoms with Gasteiger partial charge in [0.1, 0.15) is 17.2 Å². The molecule has 1 aliphatic rings. The van der Waals surface area contributed by atoms with Gasteiger partial charge in [0.15, 0.2) is 0 Å². The zero-order valence-corrected chi connectivity index (χ0v) is 13.5. The lowest BCUT2D eigenvalue weighted by Gasteiger charge is -2.17. The molecule has 4 nitrogen and oxygen atoms in total. The highest BCUT2D eigenvalue weighted by atomic mass is 16.5. The molecule has 0 fully saturated rings. The van der Waals surface area contributed by atoms with Gasteiger partial charge in [0.25, 0.3) is 0 Å². The van der Waals surface area contributed by atoms with Crippen LogP contribution in [0.1, 0.15) is 42.3 Å². The maximum absolute atomic E-state index is 5.49. The molecule has 1 heterocycles. The second-order valence-corrected chi connectivity index (χ2v) is 5.99. The first-order chi connectivity index (χ1) is 10.8. The standard InChI is InChI=1S/C18H24N2O2/c1-3-21-15-10-8-14(9-11-15)12-20(2)13-17-16-6-4-5-7-18(16)22-19-17/h8-11H,3-7,12-13H2,1-2H3. The van der Waals surface area contributed by atoms with Crippen LogP contribution in [-0.4, -0.2) is 23.7 Å². The van der Waals surface area contributed by atoms with Gasteiger partial charge in [-0.05, 0) is 50.9 Å². The molecule has 4 heteroatoms. The van der Waals surface area contributed by atoms with E-state index >= 15 is 0 Å². The molecule has 0 unspecified atom stereocenters. The Morgan fingerprint density at radius 2 is 1.91 bits per heavy atom. The van der Waals surface area contributed by atoms with E-state index < -0.39 is 0 Å². The maximum Gasteiger partial charge on any atom is 0.140 e. The van der Waals surface area contributed by atoms with Crippen LogP contribution in [0.3, 0.4) is 0 Å². The summed E-state index contributed by atoms with van der Waals surface area (Å²) in [5, 5.41) is 4.28. The van der Waals surface area contributed by atoms with Gasteiger partial charge in [0, 0.05) is 25.1 Å². The molecule has 118 valence electrons. The molecule has 0 N–H and O–H groups in total. The third-order valence-electron chi connectivity index (χ3n) is 4.14. The Morgan fingerprint density at radius 3 is 2.68 bits per heavy atom. The Bertz CT molecular complexity index is 604. The van der Waals surface area contributed by atoms with Crippen LogP contribution in [0.5, 0.6) is 5.75 Å². The van der Waals surface area contributed by atoms with Gasteiger partial charge < -0.3 is 9.26 Å². The van der Waals surface area contributed by atoms with Gasteiger partial charge in [-0.3, -0.25) is 4.90 Å². The smallest absolute Gasteiger partial charge is 0.140 e. The van der Waals surface area contributed by atoms with Crippen molar-refractivity contribution in [1.82, 2.24) is 10.1 Å². The minimum Gasteiger partial charge on any atom is -0.494 e. The number of hydrogen-bond acceptors (Lipinski definition) is 4. The molecule has 0 saturated heterocycles. The van der Waals surface area contributed by atoms with Crippen LogP contribution >= 0.6 is 0 Å². The van der Waals surface area contributed by atoms with Crippen molar-refractivity contribution in [3.63, 3.8) is 0 Å². The SMILES string of the molecule is CCOc1ccc(CN(C)Cc2noc3c2CCCC3)cc1. The third kappa shape index (κ3) is 3.50. The Balaban J connectivity index is 1.60. The van der Waals surface area contributed by atoms with Crippen molar-refractivity contribution in [1.29, 1.82) is 0 Å². The van der Waals surface area contributed by atoms with E-state index in [4.69, 9.17) is 9.26 Å². The summed E-state index contributed by atoms with van der Waals surface area (Å²) in [5.41, 5.74) is 3.75. The highest BCUT2D eigenvalue weighted by Crippen LogP contribution is 2.25. The van der Waals surface area contributed by atoms with E-state index in [1.54, 1.807) is 0 Å². The molecular formula is C18H24N2O2. The van der Waals surface area contributed by atoms with Crippen molar-refractivity contribution < 1.29 is 9.26 Å². The summed E-state index contributed by atoms with van der Waals surface area (Å²) < 4.78 is 11.0. The van der Waals surface area contributed by atoms with E-state index in [1.165, 1.54) is 24.0 Å². The minimum absolute atomic E-state index is 0.705. The van der Waals surface area contributed by atoms with Crippen molar-refractivity contribution >= 4 is 0 Å². The average molecular weight is 300 g/mol. The predicted molar refractivity (Wildman–Crippen MR) is 85.9 cm³/mol. The first-order valence-corrected chi connectivity index (χ1v) is 8.13. The quantitative estimate of drug-likeness (QED) is 0.817. The Kier molecular flexibility index (Phi) is 4.78. The molecule has 0 atom stereocenters. The fourth-order valence-electron chi connectivity index (χ4n) is 3.05. The largest absolute Gasteiger partial charge is 0.494 e. The average Bonchev–Trinajstić information content (AvgIpc) is 2.93. The van der Waals surface area contributed by atoms with Gasteiger partial charge in [-0.2, -0.15) is 0 Å². The van der Waals surface area contributed by atoms with Crippen LogP contribution in [-0.2, 0) is 25.9 Å². The number of nitrogens with zero attached hydrogens (tertiary/aromatic N) is 2. The lowest BCUT2D eigenvalue weighted by Crippen LogP contribution is -2.18. The Morgan fingerprint density at radius 1 is 1.14 bits per heavy atom. The highest BCUT2D eigenvalue weighted by Gasteiger charge is 2.20. The van der Waals surface area contributed by atoms with Gasteiger partial charge in [-0.15, -0.1) is 0 Å². The molecule has 0 radical (unpaired) electrons. The summed E-state index contributed by atoms with van der Waals surface area (Å²) in [6.45, 7) is 4.44. The molecule has 22 heavy (non-hydrogen) atoms. The molecule has 1 aliphatic carbocycles. The zero-order chi connectivity index (χ0) is 15.4. The number of rotatable bonds is 6. The summed E-state index contributed by atoms with van der Waals surface area (Å²) in [7, 11) is 2.13. The second-order valence-electron chi connectivity index (χ2n) is 5.99. The number of aryl methyl sites for hydroxylation is 1. The van der Waals surface area contributed by atoms with Crippen molar-refractivity contribution in [2.24, 2.45) is 0 Å². The second kappa shape index (κ2) is 6.97. The fourth-order valence-corrected chi connectivity index (χ4v) is 3.05. The molecule has 0 amide bonds. The number of hydrogen-bond donors (Lipinski definition) is 0. The van der Waals surface area contributed by atoms with E-state index in [-0.39, 0.29) is 0 Å². The first kappa shape index (κ1) is 15.1. The highest BCUT2D eigenvalue weighted by molar-refractivity contribution is 5.28. The lowest BCUT2D eigenvalue weighted by molar-refractivity contribution is 0.300. The normalized spacial score (nSPS) is 14.1. The molecule has 1 aromatic carbocycles. The van der Waals surface area contributed by atoms with E-state index in [0.717, 1.165) is 43.1 Å². The first-order valence-electron chi connectivity index (χ1n) is 8.13. The van der Waals surface area contributed by atoms with Crippen molar-refractivity contribution in [2.75, 3.05) is 13.7 Å². The van der Waals surface area contributed by atoms with E-state index in [9.17, 15) is 0 Å². The molecule has 2 aromatic rings. The monoisotopic (exact) mass is 300 g/mol. The molecule has 0 bridgehead atoms. The van der Waals surface area contributed by atoms with Gasteiger partial charge in [0.2, 0.25) is 0 Å². The van der Waals surface area contributed by atoms with Crippen LogP contribution in [0.4, 0.5) is 0 Å². The maximum atomic E-state index is 5.49. The number of fused-ring (bicyclic) bond motifs is 1. The van der Waals surface area contributed by atoms with Crippen LogP contribution < -0.4 is 4.74 Å². The summed E-state index contributed by atoms with van der Waals surface area (Å²) in [5.74, 6) is 2.04. The van der Waals surface area contributed by atoms with Gasteiger partial charge >= 0.3 is 0 Å². The van der Waals surface area contributed by atoms with Crippen LogP contribution in [0, 0.1) is 0 Å². The summed E-state index contributed by atoms with van der Waals surface area (Å²) in [4.78, 5) is 2.28. The molecule has 3 rings (SSSR count). The van der Waals surface area contributed by atoms with E-state index in [1.807, 2.05) is 19.1 Å². The molecule has 0 saturated carbocycles. The van der Waals surface area contributed by atoms with Gasteiger partial charge in [-0.25, -0.2) is 0 Å². The molecule has 0 spiro atoms. The van der Waals surface area contributed by atoms with Crippen LogP contribution in [0.2, 0.25) is 0 Å². The van der Waals surface area contributed by atoms with Crippen molar-refractivity contribution in [2.45, 2.75) is 45.7 Å².